The molecule has 0 saturated heterocycles. The van der Waals surface area contributed by atoms with E-state index in [1.54, 1.807) is 24.3 Å². The summed E-state index contributed by atoms with van der Waals surface area (Å²) in [5.74, 6) is -0.279. The first-order valence-electron chi connectivity index (χ1n) is 10.2. The average Bonchev–Trinajstić information content (AvgIpc) is 2.80. The van der Waals surface area contributed by atoms with Gasteiger partial charge in [0.1, 0.15) is 10.7 Å². The maximum atomic E-state index is 12.8. The summed E-state index contributed by atoms with van der Waals surface area (Å²) in [6.07, 6.45) is 0. The molecule has 0 spiro atoms. The van der Waals surface area contributed by atoms with E-state index in [-0.39, 0.29) is 17.1 Å². The summed E-state index contributed by atoms with van der Waals surface area (Å²) in [5, 5.41) is 16.8. The van der Waals surface area contributed by atoms with Crippen LogP contribution in [-0.4, -0.2) is 27.3 Å². The fraction of sp³-hybridized carbons (Fsp3) is 0.120. The van der Waals surface area contributed by atoms with E-state index in [1.165, 1.54) is 18.7 Å². The maximum Gasteiger partial charge on any atom is 0.237 e. The van der Waals surface area contributed by atoms with Crippen molar-refractivity contribution in [3.8, 4) is 11.3 Å². The number of benzene rings is 3. The number of hydrogen-bond donors (Lipinski definition) is 2. The van der Waals surface area contributed by atoms with Gasteiger partial charge < -0.3 is 10.6 Å². The lowest BCUT2D eigenvalue weighted by Crippen LogP contribution is -2.22. The third kappa shape index (κ3) is 4.95. The number of thioether (sulfide) groups is 1. The monoisotopic (exact) mass is 442 g/mol. The summed E-state index contributed by atoms with van der Waals surface area (Å²) < 4.78 is 0. The van der Waals surface area contributed by atoms with Crippen molar-refractivity contribution in [2.45, 2.75) is 24.1 Å². The highest BCUT2D eigenvalue weighted by Gasteiger charge is 2.19. The first kappa shape index (κ1) is 21.5. The summed E-state index contributed by atoms with van der Waals surface area (Å²) in [7, 11) is 0. The van der Waals surface area contributed by atoms with E-state index in [4.69, 9.17) is 0 Å². The Bertz CT molecular complexity index is 1260. The van der Waals surface area contributed by atoms with Crippen LogP contribution in [0, 0.1) is 0 Å². The summed E-state index contributed by atoms with van der Waals surface area (Å²) in [6, 6.07) is 24.9. The number of nitrogens with one attached hydrogen (secondary N) is 2. The third-order valence-corrected chi connectivity index (χ3v) is 5.92. The van der Waals surface area contributed by atoms with Crippen molar-refractivity contribution in [2.24, 2.45) is 0 Å². The van der Waals surface area contributed by atoms with Crippen LogP contribution in [0.5, 0.6) is 0 Å². The molecular weight excluding hydrogens is 420 g/mol. The highest BCUT2D eigenvalue weighted by atomic mass is 32.2. The van der Waals surface area contributed by atoms with Crippen molar-refractivity contribution in [3.05, 3.63) is 78.9 Å². The molecule has 1 unspecified atom stereocenters. The van der Waals surface area contributed by atoms with Gasteiger partial charge in [-0.2, -0.15) is 0 Å². The minimum Gasteiger partial charge on any atom is -0.326 e. The highest BCUT2D eigenvalue weighted by molar-refractivity contribution is 8.00. The van der Waals surface area contributed by atoms with Crippen LogP contribution in [0.3, 0.4) is 0 Å². The Balaban J connectivity index is 1.52. The zero-order valence-electron chi connectivity index (χ0n) is 17.7. The van der Waals surface area contributed by atoms with Crippen LogP contribution < -0.4 is 10.6 Å². The Morgan fingerprint density at radius 3 is 2.03 bits per heavy atom. The molecular formula is C25H22N4O2S. The third-order valence-electron chi connectivity index (χ3n) is 4.83. The van der Waals surface area contributed by atoms with Gasteiger partial charge in [0.15, 0.2) is 0 Å². The normalized spacial score (nSPS) is 11.7. The molecule has 3 aromatic carbocycles. The van der Waals surface area contributed by atoms with Crippen LogP contribution >= 0.6 is 11.8 Å². The molecule has 7 heteroatoms. The van der Waals surface area contributed by atoms with Gasteiger partial charge in [0.05, 0.1) is 5.25 Å². The number of fused-ring (bicyclic) bond motifs is 1. The van der Waals surface area contributed by atoms with Gasteiger partial charge in [-0.05, 0) is 31.2 Å². The van der Waals surface area contributed by atoms with Gasteiger partial charge in [0.25, 0.3) is 0 Å². The predicted molar refractivity (Wildman–Crippen MR) is 130 cm³/mol. The molecule has 0 fully saturated rings. The number of aromatic nitrogens is 2. The second kappa shape index (κ2) is 9.62. The van der Waals surface area contributed by atoms with Crippen LogP contribution in [0.15, 0.2) is 83.9 Å². The Kier molecular flexibility index (Phi) is 6.47. The Morgan fingerprint density at radius 1 is 0.781 bits per heavy atom. The second-order valence-corrected chi connectivity index (χ2v) is 8.60. The summed E-state index contributed by atoms with van der Waals surface area (Å²) >= 11 is 1.37. The number of rotatable bonds is 6. The quantitative estimate of drug-likeness (QED) is 0.392. The molecule has 2 amide bonds. The maximum absolute atomic E-state index is 12.8. The molecule has 2 N–H and O–H groups in total. The molecule has 1 heterocycles. The zero-order chi connectivity index (χ0) is 22.5. The molecule has 0 aliphatic rings. The average molecular weight is 443 g/mol. The van der Waals surface area contributed by atoms with E-state index < -0.39 is 0 Å². The number of carbonyl (C=O) groups excluding carboxylic acids is 2. The SMILES string of the molecule is CC(=O)Nc1ccc(NC(=O)C(C)Sc2nnc(-c3ccccc3)c3ccccc23)cc1. The van der Waals surface area contributed by atoms with Crippen molar-refractivity contribution in [2.75, 3.05) is 10.6 Å². The van der Waals surface area contributed by atoms with E-state index in [2.05, 4.69) is 20.8 Å². The largest absolute Gasteiger partial charge is 0.326 e. The van der Waals surface area contributed by atoms with Gasteiger partial charge in [0.2, 0.25) is 11.8 Å². The fourth-order valence-electron chi connectivity index (χ4n) is 3.28. The van der Waals surface area contributed by atoms with Crippen molar-refractivity contribution >= 4 is 45.7 Å². The Hall–Kier alpha value is -3.71. The second-order valence-electron chi connectivity index (χ2n) is 7.27. The van der Waals surface area contributed by atoms with Crippen molar-refractivity contribution in [1.82, 2.24) is 10.2 Å². The van der Waals surface area contributed by atoms with Crippen LogP contribution in [0.2, 0.25) is 0 Å². The first-order chi connectivity index (χ1) is 15.5. The minimum absolute atomic E-state index is 0.139. The lowest BCUT2D eigenvalue weighted by Gasteiger charge is -2.14. The van der Waals surface area contributed by atoms with Crippen LogP contribution in [-0.2, 0) is 9.59 Å². The molecule has 32 heavy (non-hydrogen) atoms. The van der Waals surface area contributed by atoms with E-state index in [1.807, 2.05) is 61.5 Å². The Labute approximate surface area is 190 Å². The Morgan fingerprint density at radius 2 is 1.38 bits per heavy atom. The van der Waals surface area contributed by atoms with E-state index in [9.17, 15) is 9.59 Å². The summed E-state index contributed by atoms with van der Waals surface area (Å²) in [4.78, 5) is 23.9. The predicted octanol–water partition coefficient (Wildman–Crippen LogP) is 5.37. The first-order valence-corrected chi connectivity index (χ1v) is 11.1. The van der Waals surface area contributed by atoms with Gasteiger partial charge in [-0.1, -0.05) is 66.4 Å². The molecule has 160 valence electrons. The molecule has 0 aliphatic carbocycles. The van der Waals surface area contributed by atoms with Gasteiger partial charge in [-0.25, -0.2) is 0 Å². The van der Waals surface area contributed by atoms with Gasteiger partial charge >= 0.3 is 0 Å². The molecule has 0 saturated carbocycles. The topological polar surface area (TPSA) is 84.0 Å². The number of nitrogens with zero attached hydrogens (tertiary/aromatic N) is 2. The molecule has 0 aliphatic heterocycles. The van der Waals surface area contributed by atoms with Crippen molar-refractivity contribution in [1.29, 1.82) is 0 Å². The van der Waals surface area contributed by atoms with Crippen LogP contribution in [0.4, 0.5) is 11.4 Å². The van der Waals surface area contributed by atoms with Gasteiger partial charge in [-0.3, -0.25) is 9.59 Å². The zero-order valence-corrected chi connectivity index (χ0v) is 18.5. The molecule has 4 aromatic rings. The molecule has 1 aromatic heterocycles. The fourth-order valence-corrected chi connectivity index (χ4v) is 4.17. The van der Waals surface area contributed by atoms with E-state index in [0.717, 1.165) is 22.0 Å². The molecule has 4 rings (SSSR count). The molecule has 0 bridgehead atoms. The van der Waals surface area contributed by atoms with Crippen LogP contribution in [0.25, 0.3) is 22.0 Å². The standard InChI is InChI=1S/C25H22N4O2S/c1-16(24(31)27-20-14-12-19(13-15-20)26-17(2)30)32-25-22-11-7-6-10-21(22)23(28-29-25)18-8-4-3-5-9-18/h3-16H,1-2H3,(H,26,30)(H,27,31). The number of carbonyl (C=O) groups is 2. The highest BCUT2D eigenvalue weighted by Crippen LogP contribution is 2.33. The van der Waals surface area contributed by atoms with Crippen molar-refractivity contribution in [3.63, 3.8) is 0 Å². The number of anilines is 2. The number of hydrogen-bond acceptors (Lipinski definition) is 5. The van der Waals surface area contributed by atoms with E-state index >= 15 is 0 Å². The molecule has 0 radical (unpaired) electrons. The van der Waals surface area contributed by atoms with Gasteiger partial charge in [-0.15, -0.1) is 10.2 Å². The summed E-state index contributed by atoms with van der Waals surface area (Å²) in [6.45, 7) is 3.29. The number of amides is 2. The lowest BCUT2D eigenvalue weighted by atomic mass is 10.1. The smallest absolute Gasteiger partial charge is 0.237 e. The van der Waals surface area contributed by atoms with E-state index in [0.29, 0.717) is 16.4 Å². The molecule has 1 atom stereocenters. The summed E-state index contributed by atoms with van der Waals surface area (Å²) in [5.41, 5.74) is 3.16. The van der Waals surface area contributed by atoms with Crippen molar-refractivity contribution < 1.29 is 9.59 Å². The lowest BCUT2D eigenvalue weighted by molar-refractivity contribution is -0.115. The minimum atomic E-state index is -0.384. The van der Waals surface area contributed by atoms with Crippen LogP contribution in [0.1, 0.15) is 13.8 Å². The molecule has 6 nitrogen and oxygen atoms in total. The van der Waals surface area contributed by atoms with Gasteiger partial charge in [0, 0.05) is 34.6 Å².